The van der Waals surface area contributed by atoms with Gasteiger partial charge in [-0.1, -0.05) is 0 Å². The molecule has 32 heavy (non-hydrogen) atoms. The number of hydrogen-bond acceptors (Lipinski definition) is 6. The van der Waals surface area contributed by atoms with Crippen LogP contribution in [-0.2, 0) is 12.8 Å². The molecule has 0 saturated carbocycles. The van der Waals surface area contributed by atoms with E-state index >= 15 is 0 Å². The van der Waals surface area contributed by atoms with Gasteiger partial charge in [0.25, 0.3) is 5.56 Å². The van der Waals surface area contributed by atoms with Crippen molar-refractivity contribution in [2.45, 2.75) is 12.8 Å². The topological polar surface area (TPSA) is 76.3 Å². The summed E-state index contributed by atoms with van der Waals surface area (Å²) in [6.45, 7) is 2.02. The first-order valence-corrected chi connectivity index (χ1v) is 9.67. The van der Waals surface area contributed by atoms with Gasteiger partial charge in [0.15, 0.2) is 0 Å². The van der Waals surface area contributed by atoms with Gasteiger partial charge in [-0.2, -0.15) is 18.2 Å². The first kappa shape index (κ1) is 21.5. The number of alkyl halides is 3. The molecule has 0 bridgehead atoms. The maximum atomic E-state index is 13.1. The van der Waals surface area contributed by atoms with Gasteiger partial charge >= 0.3 is 11.9 Å². The molecule has 4 rings (SSSR count). The molecule has 0 unspecified atom stereocenters. The molecule has 8 nitrogen and oxygen atoms in total. The average molecular weight is 450 g/mol. The van der Waals surface area contributed by atoms with Crippen molar-refractivity contribution in [1.82, 2.24) is 19.1 Å². The summed E-state index contributed by atoms with van der Waals surface area (Å²) in [5, 5.41) is 0. The third-order valence-corrected chi connectivity index (χ3v) is 5.14. The molecule has 0 aliphatic carbocycles. The highest BCUT2D eigenvalue weighted by Gasteiger charge is 2.31. The van der Waals surface area contributed by atoms with Gasteiger partial charge in [0.05, 0.1) is 5.56 Å². The highest BCUT2D eigenvalue weighted by molar-refractivity contribution is 5.48. The Morgan fingerprint density at radius 2 is 1.56 bits per heavy atom. The molecule has 0 amide bonds. The molecule has 0 radical (unpaired) electrons. The lowest BCUT2D eigenvalue weighted by Gasteiger charge is -2.36. The molecule has 0 N–H and O–H groups in total. The molecule has 1 aromatic carbocycles. The number of halogens is 4. The van der Waals surface area contributed by atoms with Crippen molar-refractivity contribution < 1.29 is 17.6 Å². The minimum absolute atomic E-state index is 0.227. The zero-order chi connectivity index (χ0) is 22.9. The van der Waals surface area contributed by atoms with Crippen LogP contribution in [0.2, 0.25) is 0 Å². The Morgan fingerprint density at radius 3 is 2.16 bits per heavy atom. The number of aromatic nitrogens is 4. The van der Waals surface area contributed by atoms with E-state index in [9.17, 15) is 27.2 Å². The second kappa shape index (κ2) is 8.44. The van der Waals surface area contributed by atoms with Gasteiger partial charge < -0.3 is 9.80 Å². The monoisotopic (exact) mass is 450 g/mol. The lowest BCUT2D eigenvalue weighted by Crippen LogP contribution is -2.47. The van der Waals surface area contributed by atoms with Crippen LogP contribution in [0.15, 0.2) is 58.5 Å². The van der Waals surface area contributed by atoms with Gasteiger partial charge in [0, 0.05) is 44.1 Å². The summed E-state index contributed by atoms with van der Waals surface area (Å²) >= 11 is 0. The maximum absolute atomic E-state index is 13.1. The fourth-order valence-corrected chi connectivity index (χ4v) is 3.38. The van der Waals surface area contributed by atoms with E-state index in [4.69, 9.17) is 0 Å². The van der Waals surface area contributed by atoms with Crippen LogP contribution in [0.3, 0.4) is 0 Å². The van der Waals surface area contributed by atoms with Crippen LogP contribution in [0.1, 0.15) is 5.56 Å². The number of hydrogen-bond donors (Lipinski definition) is 0. The average Bonchev–Trinajstić information content (AvgIpc) is 2.76. The largest absolute Gasteiger partial charge is 0.416 e. The molecule has 2 aromatic heterocycles. The van der Waals surface area contributed by atoms with E-state index < -0.39 is 23.0 Å². The summed E-state index contributed by atoms with van der Waals surface area (Å²) in [7, 11) is 0. The number of anilines is 2. The van der Waals surface area contributed by atoms with Crippen molar-refractivity contribution in [3.63, 3.8) is 0 Å². The first-order valence-electron chi connectivity index (χ1n) is 9.67. The Bertz CT molecular complexity index is 1210. The SMILES string of the molecule is O=c1cc(C(F)(F)F)ccn1Cn1cnc(N2CCN(c3ccc(F)cc3)CC2)nc1=O. The van der Waals surface area contributed by atoms with Crippen molar-refractivity contribution in [2.75, 3.05) is 36.0 Å². The fraction of sp³-hybridized carbons (Fsp3) is 0.300. The van der Waals surface area contributed by atoms with Crippen LogP contribution >= 0.6 is 0 Å². The lowest BCUT2D eigenvalue weighted by molar-refractivity contribution is -0.137. The first-order chi connectivity index (χ1) is 15.2. The summed E-state index contributed by atoms with van der Waals surface area (Å²) in [6, 6.07) is 7.43. The minimum Gasteiger partial charge on any atom is -0.368 e. The maximum Gasteiger partial charge on any atom is 0.416 e. The third-order valence-electron chi connectivity index (χ3n) is 5.14. The molecule has 1 saturated heterocycles. The summed E-state index contributed by atoms with van der Waals surface area (Å²) in [5.41, 5.74) is -1.74. The van der Waals surface area contributed by atoms with Crippen LogP contribution in [0.4, 0.5) is 29.2 Å². The summed E-state index contributed by atoms with van der Waals surface area (Å²) in [4.78, 5) is 36.4. The minimum atomic E-state index is -4.62. The van der Waals surface area contributed by atoms with E-state index in [1.807, 2.05) is 4.90 Å². The molecule has 0 atom stereocenters. The number of piperazine rings is 1. The van der Waals surface area contributed by atoms with Crippen molar-refractivity contribution in [3.05, 3.63) is 81.1 Å². The van der Waals surface area contributed by atoms with E-state index in [0.29, 0.717) is 32.2 Å². The number of benzene rings is 1. The van der Waals surface area contributed by atoms with Gasteiger partial charge in [0.2, 0.25) is 5.95 Å². The van der Waals surface area contributed by atoms with Crippen LogP contribution in [0, 0.1) is 5.82 Å². The third kappa shape index (κ3) is 4.63. The van der Waals surface area contributed by atoms with Crippen LogP contribution in [0.25, 0.3) is 0 Å². The van der Waals surface area contributed by atoms with E-state index in [-0.39, 0.29) is 18.4 Å². The van der Waals surface area contributed by atoms with Crippen molar-refractivity contribution >= 4 is 11.6 Å². The van der Waals surface area contributed by atoms with Gasteiger partial charge in [-0.25, -0.2) is 14.2 Å². The van der Waals surface area contributed by atoms with Gasteiger partial charge in [-0.05, 0) is 30.3 Å². The van der Waals surface area contributed by atoms with Crippen LogP contribution < -0.4 is 21.0 Å². The Kier molecular flexibility index (Phi) is 5.68. The van der Waals surface area contributed by atoms with E-state index in [1.165, 1.54) is 18.5 Å². The second-order valence-corrected chi connectivity index (χ2v) is 7.22. The highest BCUT2D eigenvalue weighted by Crippen LogP contribution is 2.27. The molecule has 3 aromatic rings. The van der Waals surface area contributed by atoms with Gasteiger partial charge in [-0.15, -0.1) is 0 Å². The predicted octanol–water partition coefficient (Wildman–Crippen LogP) is 1.79. The zero-order valence-electron chi connectivity index (χ0n) is 16.7. The standard InChI is InChI=1S/C20H18F4N6O2/c21-15-1-3-16(4-2-15)27-7-9-28(10-8-27)18-25-12-30(19(32)26-18)13-29-6-5-14(11-17(29)31)20(22,23)24/h1-6,11-12H,7-10,13H2. The second-order valence-electron chi connectivity index (χ2n) is 7.22. The Hall–Kier alpha value is -3.70. The molecule has 1 aliphatic rings. The Morgan fingerprint density at radius 1 is 0.906 bits per heavy atom. The molecule has 1 aliphatic heterocycles. The number of pyridine rings is 1. The molecule has 1 fully saturated rings. The van der Waals surface area contributed by atoms with Crippen molar-refractivity contribution in [1.29, 1.82) is 0 Å². The quantitative estimate of drug-likeness (QED) is 0.565. The molecule has 0 spiro atoms. The van der Waals surface area contributed by atoms with Gasteiger partial charge in [0.1, 0.15) is 18.8 Å². The van der Waals surface area contributed by atoms with Crippen LogP contribution in [-0.4, -0.2) is 45.3 Å². The molecular weight excluding hydrogens is 432 g/mol. The summed E-state index contributed by atoms with van der Waals surface area (Å²) in [5.74, 6) is -0.0790. The van der Waals surface area contributed by atoms with Crippen molar-refractivity contribution in [2.24, 2.45) is 0 Å². The Balaban J connectivity index is 1.43. The highest BCUT2D eigenvalue weighted by atomic mass is 19.4. The number of rotatable bonds is 4. The van der Waals surface area contributed by atoms with Crippen molar-refractivity contribution in [3.8, 4) is 0 Å². The lowest BCUT2D eigenvalue weighted by atomic mass is 10.2. The zero-order valence-corrected chi connectivity index (χ0v) is 16.7. The van der Waals surface area contributed by atoms with E-state index in [2.05, 4.69) is 14.9 Å². The summed E-state index contributed by atoms with van der Waals surface area (Å²) in [6.07, 6.45) is -2.44. The normalized spacial score (nSPS) is 14.6. The van der Waals surface area contributed by atoms with Gasteiger partial charge in [-0.3, -0.25) is 13.9 Å². The smallest absolute Gasteiger partial charge is 0.368 e. The molecule has 3 heterocycles. The fourth-order valence-electron chi connectivity index (χ4n) is 3.38. The Labute approximate surface area is 179 Å². The summed E-state index contributed by atoms with van der Waals surface area (Å²) < 4.78 is 53.2. The molecular formula is C20H18F4N6O2. The molecule has 168 valence electrons. The number of nitrogens with zero attached hydrogens (tertiary/aromatic N) is 6. The van der Waals surface area contributed by atoms with E-state index in [1.54, 1.807) is 12.1 Å². The predicted molar refractivity (Wildman–Crippen MR) is 108 cm³/mol. The van der Waals surface area contributed by atoms with Crippen LogP contribution in [0.5, 0.6) is 0 Å². The molecule has 12 heteroatoms. The van der Waals surface area contributed by atoms with E-state index in [0.717, 1.165) is 27.1 Å².